The molecule has 0 bridgehead atoms. The molecule has 1 aliphatic rings. The summed E-state index contributed by atoms with van der Waals surface area (Å²) in [7, 11) is 0. The van der Waals surface area contributed by atoms with E-state index in [-0.39, 0.29) is 11.9 Å². The van der Waals surface area contributed by atoms with Gasteiger partial charge >= 0.3 is 6.03 Å². The number of hydrogen-bond acceptors (Lipinski definition) is 2. The van der Waals surface area contributed by atoms with E-state index in [9.17, 15) is 9.59 Å². The highest BCUT2D eigenvalue weighted by Gasteiger charge is 2.33. The minimum absolute atomic E-state index is 0.110. The standard InChI is InChI=1S/C15H19Cl2N3O2/c1-9(7-10-4-5-11(16)8-12(10)17)19-14(21)13-3-2-6-20(13)15(18)22/h4-5,8-9,13H,2-3,6-7H2,1H3,(H2,18,22)(H,19,21)/t9-,13+/m1/s1. The molecule has 0 unspecified atom stereocenters. The Balaban J connectivity index is 1.95. The van der Waals surface area contributed by atoms with Crippen LogP contribution in [0.3, 0.4) is 0 Å². The number of halogens is 2. The van der Waals surface area contributed by atoms with Gasteiger partial charge in [0.15, 0.2) is 0 Å². The number of nitrogens with one attached hydrogen (secondary N) is 1. The van der Waals surface area contributed by atoms with E-state index < -0.39 is 12.1 Å². The van der Waals surface area contributed by atoms with E-state index in [4.69, 9.17) is 28.9 Å². The fraction of sp³-hybridized carbons (Fsp3) is 0.467. The number of benzene rings is 1. The highest BCUT2D eigenvalue weighted by molar-refractivity contribution is 6.35. The number of nitrogens with zero attached hydrogens (tertiary/aromatic N) is 1. The lowest BCUT2D eigenvalue weighted by molar-refractivity contribution is -0.125. The van der Waals surface area contributed by atoms with Gasteiger partial charge in [-0.05, 0) is 43.9 Å². The zero-order valence-corrected chi connectivity index (χ0v) is 13.8. The lowest BCUT2D eigenvalue weighted by atomic mass is 10.1. The Morgan fingerprint density at radius 3 is 2.82 bits per heavy atom. The predicted molar refractivity (Wildman–Crippen MR) is 87.1 cm³/mol. The van der Waals surface area contributed by atoms with Crippen LogP contribution in [0.25, 0.3) is 0 Å². The summed E-state index contributed by atoms with van der Waals surface area (Å²) in [5.74, 6) is -0.172. The lowest BCUT2D eigenvalue weighted by Gasteiger charge is -2.24. The van der Waals surface area contributed by atoms with E-state index in [1.54, 1.807) is 12.1 Å². The van der Waals surface area contributed by atoms with Crippen LogP contribution in [0.5, 0.6) is 0 Å². The van der Waals surface area contributed by atoms with Gasteiger partial charge in [0.05, 0.1) is 0 Å². The summed E-state index contributed by atoms with van der Waals surface area (Å²) >= 11 is 12.0. The average molecular weight is 344 g/mol. The van der Waals surface area contributed by atoms with Crippen LogP contribution < -0.4 is 11.1 Å². The number of primary amides is 1. The molecule has 1 aromatic carbocycles. The fourth-order valence-electron chi connectivity index (χ4n) is 2.71. The Bertz CT molecular complexity index is 580. The summed E-state index contributed by atoms with van der Waals surface area (Å²) in [5, 5.41) is 4.07. The van der Waals surface area contributed by atoms with E-state index in [0.29, 0.717) is 29.4 Å². The van der Waals surface area contributed by atoms with Crippen molar-refractivity contribution >= 4 is 35.1 Å². The molecule has 2 rings (SSSR count). The number of carbonyl (C=O) groups is 2. The Morgan fingerprint density at radius 2 is 2.18 bits per heavy atom. The van der Waals surface area contributed by atoms with Crippen LogP contribution in [0.1, 0.15) is 25.3 Å². The van der Waals surface area contributed by atoms with Crippen molar-refractivity contribution in [1.82, 2.24) is 10.2 Å². The summed E-state index contributed by atoms with van der Waals surface area (Å²) in [4.78, 5) is 25.0. The van der Waals surface area contributed by atoms with Crippen LogP contribution in [0.15, 0.2) is 18.2 Å². The topological polar surface area (TPSA) is 75.4 Å². The largest absolute Gasteiger partial charge is 0.352 e. The van der Waals surface area contributed by atoms with E-state index >= 15 is 0 Å². The SMILES string of the molecule is C[C@H](Cc1ccc(Cl)cc1Cl)NC(=O)[C@@H]1CCCN1C(N)=O. The van der Waals surface area contributed by atoms with Gasteiger partial charge in [-0.2, -0.15) is 0 Å². The first kappa shape index (κ1) is 16.9. The molecule has 5 nitrogen and oxygen atoms in total. The lowest BCUT2D eigenvalue weighted by Crippen LogP contribution is -2.50. The van der Waals surface area contributed by atoms with Crippen LogP contribution in [0.4, 0.5) is 4.79 Å². The molecule has 3 amide bonds. The number of amides is 3. The number of urea groups is 1. The van der Waals surface area contributed by atoms with Crippen LogP contribution >= 0.6 is 23.2 Å². The highest BCUT2D eigenvalue weighted by Crippen LogP contribution is 2.22. The number of rotatable bonds is 4. The van der Waals surface area contributed by atoms with Gasteiger partial charge in [0.25, 0.3) is 0 Å². The second kappa shape index (κ2) is 7.20. The van der Waals surface area contributed by atoms with Crippen molar-refractivity contribution < 1.29 is 9.59 Å². The molecule has 0 aromatic heterocycles. The summed E-state index contributed by atoms with van der Waals surface area (Å²) in [6.07, 6.45) is 2.02. The third-order valence-corrected chi connectivity index (χ3v) is 4.36. The van der Waals surface area contributed by atoms with Gasteiger partial charge in [-0.15, -0.1) is 0 Å². The van der Waals surface area contributed by atoms with Crippen molar-refractivity contribution in [1.29, 1.82) is 0 Å². The van der Waals surface area contributed by atoms with Crippen molar-refractivity contribution in [2.75, 3.05) is 6.54 Å². The first-order chi connectivity index (χ1) is 10.4. The van der Waals surface area contributed by atoms with Crippen molar-refractivity contribution in [3.05, 3.63) is 33.8 Å². The molecular weight excluding hydrogens is 325 g/mol. The molecule has 0 radical (unpaired) electrons. The maximum absolute atomic E-state index is 12.3. The second-order valence-electron chi connectivity index (χ2n) is 5.54. The fourth-order valence-corrected chi connectivity index (χ4v) is 3.20. The molecule has 3 N–H and O–H groups in total. The molecule has 1 heterocycles. The van der Waals surface area contributed by atoms with Gasteiger partial charge < -0.3 is 16.0 Å². The third-order valence-electron chi connectivity index (χ3n) is 3.77. The van der Waals surface area contributed by atoms with E-state index in [0.717, 1.165) is 12.0 Å². The van der Waals surface area contributed by atoms with Gasteiger partial charge in [0, 0.05) is 22.6 Å². The Hall–Kier alpha value is -1.46. The summed E-state index contributed by atoms with van der Waals surface area (Å²) in [5.41, 5.74) is 6.21. The number of hydrogen-bond donors (Lipinski definition) is 2. The van der Waals surface area contributed by atoms with Gasteiger partial charge in [-0.1, -0.05) is 29.3 Å². The van der Waals surface area contributed by atoms with Gasteiger partial charge in [0.1, 0.15) is 6.04 Å². The first-order valence-electron chi connectivity index (χ1n) is 7.19. The molecule has 22 heavy (non-hydrogen) atoms. The summed E-state index contributed by atoms with van der Waals surface area (Å²) in [6, 6.07) is 4.16. The Kier molecular flexibility index (Phi) is 5.53. The molecule has 1 saturated heterocycles. The summed E-state index contributed by atoms with van der Waals surface area (Å²) in [6.45, 7) is 2.43. The molecule has 0 spiro atoms. The molecule has 1 aromatic rings. The number of likely N-dealkylation sites (tertiary alicyclic amines) is 1. The van der Waals surface area contributed by atoms with E-state index in [1.807, 2.05) is 13.0 Å². The zero-order valence-electron chi connectivity index (χ0n) is 12.3. The Morgan fingerprint density at radius 1 is 1.45 bits per heavy atom. The molecule has 0 aliphatic carbocycles. The highest BCUT2D eigenvalue weighted by atomic mass is 35.5. The Labute approximate surface area is 139 Å². The molecule has 2 atom stereocenters. The summed E-state index contributed by atoms with van der Waals surface area (Å²) < 4.78 is 0. The third kappa shape index (κ3) is 4.05. The number of carbonyl (C=O) groups excluding carboxylic acids is 2. The maximum Gasteiger partial charge on any atom is 0.315 e. The molecule has 120 valence electrons. The predicted octanol–water partition coefficient (Wildman–Crippen LogP) is 2.58. The van der Waals surface area contributed by atoms with Crippen molar-refractivity contribution in [3.63, 3.8) is 0 Å². The smallest absolute Gasteiger partial charge is 0.315 e. The molecule has 0 saturated carbocycles. The molecule has 1 aliphatic heterocycles. The quantitative estimate of drug-likeness (QED) is 0.881. The van der Waals surface area contributed by atoms with Crippen LogP contribution in [0, 0.1) is 0 Å². The van der Waals surface area contributed by atoms with Gasteiger partial charge in [-0.3, -0.25) is 4.79 Å². The molecule has 7 heteroatoms. The monoisotopic (exact) mass is 343 g/mol. The second-order valence-corrected chi connectivity index (χ2v) is 6.38. The van der Waals surface area contributed by atoms with Gasteiger partial charge in [-0.25, -0.2) is 4.79 Å². The van der Waals surface area contributed by atoms with Crippen LogP contribution in [-0.2, 0) is 11.2 Å². The van der Waals surface area contributed by atoms with Gasteiger partial charge in [0.2, 0.25) is 5.91 Å². The normalized spacial score (nSPS) is 19.0. The van der Waals surface area contributed by atoms with Crippen LogP contribution in [0.2, 0.25) is 10.0 Å². The van der Waals surface area contributed by atoms with Crippen molar-refractivity contribution in [2.24, 2.45) is 5.73 Å². The maximum atomic E-state index is 12.3. The molecular formula is C15H19Cl2N3O2. The minimum atomic E-state index is -0.550. The van der Waals surface area contributed by atoms with Crippen molar-refractivity contribution in [2.45, 2.75) is 38.3 Å². The minimum Gasteiger partial charge on any atom is -0.352 e. The molecule has 1 fully saturated rings. The first-order valence-corrected chi connectivity index (χ1v) is 7.94. The average Bonchev–Trinajstić information content (AvgIpc) is 2.91. The van der Waals surface area contributed by atoms with Crippen molar-refractivity contribution in [3.8, 4) is 0 Å². The van der Waals surface area contributed by atoms with E-state index in [2.05, 4.69) is 5.32 Å². The zero-order chi connectivity index (χ0) is 16.3. The van der Waals surface area contributed by atoms with Crippen LogP contribution in [-0.4, -0.2) is 35.5 Å². The van der Waals surface area contributed by atoms with E-state index in [1.165, 1.54) is 4.90 Å². The number of nitrogens with two attached hydrogens (primary N) is 1.